The van der Waals surface area contributed by atoms with Crippen LogP contribution in [0.2, 0.25) is 5.02 Å². The van der Waals surface area contributed by atoms with Crippen molar-refractivity contribution < 1.29 is 97.3 Å². The van der Waals surface area contributed by atoms with E-state index in [1.54, 1.807) is 60.7 Å². The van der Waals surface area contributed by atoms with Crippen molar-refractivity contribution in [1.29, 1.82) is 0 Å². The van der Waals surface area contributed by atoms with Gasteiger partial charge in [-0.2, -0.15) is 0 Å². The van der Waals surface area contributed by atoms with Crippen LogP contribution in [0, 0.1) is 27.4 Å². The maximum atomic E-state index is 8.87. The molecule has 0 aliphatic rings. The summed E-state index contributed by atoms with van der Waals surface area (Å²) in [5, 5.41) is 25.8. The van der Waals surface area contributed by atoms with Crippen LogP contribution in [0.3, 0.4) is 0 Å². The van der Waals surface area contributed by atoms with Crippen LogP contribution >= 0.6 is 19.9 Å². The van der Waals surface area contributed by atoms with E-state index in [1.165, 1.54) is 99.8 Å². The van der Waals surface area contributed by atoms with Gasteiger partial charge in [0.15, 0.2) is 0 Å². The van der Waals surface area contributed by atoms with Gasteiger partial charge >= 0.3 is 130 Å². The molecule has 4 aromatic carbocycles. The molecular formula is C38H36BClK3N2O6P. The Kier molecular flexibility index (Phi) is 18.4. The average molecular weight is 823 g/mol. The fraction of sp³-hybridized carbons (Fsp3) is 0.105. The molecule has 1 unspecified atom stereocenters. The van der Waals surface area contributed by atoms with Crippen LogP contribution in [0.5, 0.6) is 0 Å². The first-order valence-electron chi connectivity index (χ1n) is 21.1. The van der Waals surface area contributed by atoms with Gasteiger partial charge in [0, 0.05) is 45.0 Å². The summed E-state index contributed by atoms with van der Waals surface area (Å²) in [5.41, 5.74) is 5.09. The van der Waals surface area contributed by atoms with Crippen molar-refractivity contribution in [2.75, 3.05) is 0 Å². The Hall–Kier alpha value is 0.344. The van der Waals surface area contributed by atoms with Gasteiger partial charge in [-0.1, -0.05) is 109 Å². The number of pyridine rings is 2. The summed E-state index contributed by atoms with van der Waals surface area (Å²) in [6, 6.07) is 33.8. The molecule has 0 aliphatic carbocycles. The molecule has 6 rings (SSSR count). The number of hydrogen-bond donors (Lipinski definition) is 2. The van der Waals surface area contributed by atoms with Crippen LogP contribution in [-0.2, 0) is 9.24 Å². The zero-order chi connectivity index (χ0) is 47.8. The summed E-state index contributed by atoms with van der Waals surface area (Å²) in [4.78, 5) is 17.2. The minimum atomic E-state index is -3.15. The first-order valence-corrected chi connectivity index (χ1v) is 32.6. The number of benzene rings is 4. The van der Waals surface area contributed by atoms with E-state index in [-0.39, 0.29) is 78.7 Å². The van der Waals surface area contributed by atoms with Crippen LogP contribution < -0.4 is 67.0 Å². The van der Waals surface area contributed by atoms with E-state index in [0.717, 1.165) is 11.1 Å². The molecule has 6 aromatic rings. The van der Waals surface area contributed by atoms with Crippen molar-refractivity contribution in [2.45, 2.75) is 27.4 Å². The molecule has 52 heavy (non-hydrogen) atoms. The second-order valence-electron chi connectivity index (χ2n) is 9.77. The molecule has 252 valence electrons. The van der Waals surface area contributed by atoms with Crippen LogP contribution in [0.15, 0.2) is 134 Å². The summed E-state index contributed by atoms with van der Waals surface area (Å²) >= 11 is 8.49. The van der Waals surface area contributed by atoms with Gasteiger partial charge < -0.3 is 20.2 Å². The number of aromatic nitrogens is 2. The second-order valence-corrected chi connectivity index (χ2v) is 10.8. The Morgan fingerprint density at radius 1 is 0.712 bits per heavy atom. The number of halogens is 1. The standard InChI is InChI=1S/C19H17N.C13H12ClN.C6H7BO2.3K.HO4P/c1-14-8-11-19(20-13-14)17-10-9-15(2)18(12-17)16-6-4-3-5-7-16;1-9-3-6-13(15-8-9)11-5-4-10(2)12(14)7-11;8-7(9)6-4-2-1-3-5-6;;;;1-4-5(2)3/h3-13H,1-2H3;3-8H,1-2H3;1-5,8-9H;;;;1H/q;;;;;+1;/p-1/i2*1D3,2D3;;;;;. The van der Waals surface area contributed by atoms with E-state index in [2.05, 4.69) is 14.6 Å². The molecule has 2 aromatic heterocycles. The van der Waals surface area contributed by atoms with Crippen molar-refractivity contribution >= 4 is 95.6 Å². The third kappa shape index (κ3) is 19.0. The second kappa shape index (κ2) is 28.7. The van der Waals surface area contributed by atoms with Gasteiger partial charge in [0.2, 0.25) is 0 Å². The predicted molar refractivity (Wildman–Crippen MR) is 205 cm³/mol. The van der Waals surface area contributed by atoms with Crippen molar-refractivity contribution in [3.05, 3.63) is 161 Å². The third-order valence-electron chi connectivity index (χ3n) is 6.35. The van der Waals surface area contributed by atoms with Crippen LogP contribution in [0.1, 0.15) is 38.7 Å². The molecule has 0 spiro atoms. The fourth-order valence-corrected chi connectivity index (χ4v) is 4.17. The van der Waals surface area contributed by atoms with Crippen molar-refractivity contribution in [2.24, 2.45) is 0 Å². The molecule has 0 saturated heterocycles. The molecule has 2 heterocycles. The minimum absolute atomic E-state index is 0. The van der Waals surface area contributed by atoms with Crippen LogP contribution in [0.4, 0.5) is 0 Å². The molecule has 2 N–H and O–H groups in total. The molecule has 0 saturated carbocycles. The molecule has 14 heteroatoms. The number of rotatable bonds is 5. The summed E-state index contributed by atoms with van der Waals surface area (Å²) in [6.07, 6.45) is 2.62. The van der Waals surface area contributed by atoms with Crippen molar-refractivity contribution in [1.82, 2.24) is 9.97 Å². The first kappa shape index (κ1) is 33.3. The Morgan fingerprint density at radius 2 is 1.19 bits per heavy atom. The Labute approximate surface area is 417 Å². The zero-order valence-electron chi connectivity index (χ0n) is 40.5. The number of nitrogens with zero attached hydrogens (tertiary/aromatic N) is 2. The van der Waals surface area contributed by atoms with Gasteiger partial charge in [0.1, 0.15) is 0 Å². The summed E-state index contributed by atoms with van der Waals surface area (Å²) in [6.45, 7) is -8.91. The SMILES string of the molecule is O=[P+]([O-])O[O-].OB(O)c1ccccc1.[2H]C([2H])([2H])c1ccc(-c2ccc(C([2H])([2H])[2H])c(-c3ccccc3)c2)nc1.[2H]C([2H])([2H])c1ccc(-c2ccc(C([2H])([2H])[2H])c(Cl)c2)nc1.[K+].[K][K]. The zero-order valence-corrected chi connectivity index (χ0v) is 39.5. The van der Waals surface area contributed by atoms with E-state index >= 15 is 0 Å². The van der Waals surface area contributed by atoms with E-state index in [0.29, 0.717) is 28.0 Å². The molecule has 1 atom stereocenters. The Balaban J connectivity index is 0.000000479. The average Bonchev–Trinajstić information content (AvgIpc) is 3.24. The molecule has 0 bridgehead atoms. The van der Waals surface area contributed by atoms with Gasteiger partial charge in [0.25, 0.3) is 0 Å². The van der Waals surface area contributed by atoms with E-state index in [9.17, 15) is 0 Å². The molecule has 0 amide bonds. The predicted octanol–water partition coefficient (Wildman–Crippen LogP) is 2.96. The van der Waals surface area contributed by atoms with Gasteiger partial charge in [-0.15, -0.1) is 0 Å². The van der Waals surface area contributed by atoms with E-state index < -0.39 is 42.8 Å². The number of hydrogen-bond acceptors (Lipinski definition) is 8. The van der Waals surface area contributed by atoms with Gasteiger partial charge in [0.05, 0.1) is 11.4 Å². The molecule has 0 fully saturated rings. The van der Waals surface area contributed by atoms with Crippen molar-refractivity contribution in [3.63, 3.8) is 0 Å². The van der Waals surface area contributed by atoms with Gasteiger partial charge in [-0.3, -0.25) is 9.97 Å². The summed E-state index contributed by atoms with van der Waals surface area (Å²) < 4.78 is 101. The topological polar surface area (TPSA) is 139 Å². The van der Waals surface area contributed by atoms with Crippen LogP contribution in [0.25, 0.3) is 33.6 Å². The fourth-order valence-electron chi connectivity index (χ4n) is 3.99. The quantitative estimate of drug-likeness (QED) is 0.117. The first-order chi connectivity index (χ1) is 29.3. The van der Waals surface area contributed by atoms with E-state index in [1.807, 2.05) is 36.4 Å². The van der Waals surface area contributed by atoms with Crippen LogP contribution in [-0.4, -0.2) is 90.3 Å². The monoisotopic (exact) mass is 822 g/mol. The molecule has 8 nitrogen and oxygen atoms in total. The number of aryl methyl sites for hydroxylation is 4. The Morgan fingerprint density at radius 3 is 1.58 bits per heavy atom. The van der Waals surface area contributed by atoms with Gasteiger partial charge in [-0.05, 0) is 95.1 Å². The third-order valence-corrected chi connectivity index (χ3v) is 6.78. The van der Waals surface area contributed by atoms with E-state index in [4.69, 9.17) is 52.8 Å². The van der Waals surface area contributed by atoms with Gasteiger partial charge in [-0.25, -0.2) is 4.67 Å². The normalized spacial score (nSPS) is 14.2. The molecule has 0 radical (unpaired) electrons. The Bertz CT molecular complexity index is 2340. The maximum absolute atomic E-state index is 8.87. The molecule has 0 aliphatic heterocycles. The molecular weight excluding hydrogens is 775 g/mol. The van der Waals surface area contributed by atoms with Crippen molar-refractivity contribution in [3.8, 4) is 33.6 Å². The summed E-state index contributed by atoms with van der Waals surface area (Å²) in [7, 11) is -4.50. The summed E-state index contributed by atoms with van der Waals surface area (Å²) in [5.74, 6) is 0.